The van der Waals surface area contributed by atoms with Gasteiger partial charge in [-0.1, -0.05) is 6.92 Å². The summed E-state index contributed by atoms with van der Waals surface area (Å²) in [6.07, 6.45) is -2.28. The molecule has 7 nitrogen and oxygen atoms in total. The van der Waals surface area contributed by atoms with Gasteiger partial charge >= 0.3 is 12.1 Å². The lowest BCUT2D eigenvalue weighted by molar-refractivity contribution is -0.188. The van der Waals surface area contributed by atoms with E-state index in [0.717, 1.165) is 6.42 Å². The summed E-state index contributed by atoms with van der Waals surface area (Å²) < 4.78 is 40.4. The Labute approximate surface area is 136 Å². The molecule has 1 aliphatic rings. The highest BCUT2D eigenvalue weighted by Gasteiger charge is 2.52. The van der Waals surface area contributed by atoms with Crippen LogP contribution in [0.4, 0.5) is 19.0 Å². The standard InChI is InChI=1S/C14H19F3N4O3/c1-2-5-21-11(3-4-18-21)19-12(22)8-20-6-9(13(23)24)10(7-20)14(15,16)17/h3-4,9-10H,2,5-8H2,1H3,(H,19,22)(H,23,24)/t9-,10-/m1/s1. The molecule has 0 unspecified atom stereocenters. The molecular weight excluding hydrogens is 329 g/mol. The molecule has 2 atom stereocenters. The van der Waals surface area contributed by atoms with E-state index in [9.17, 15) is 22.8 Å². The zero-order valence-electron chi connectivity index (χ0n) is 13.1. The second-order valence-electron chi connectivity index (χ2n) is 5.77. The summed E-state index contributed by atoms with van der Waals surface area (Å²) in [5.74, 6) is -5.05. The fraction of sp³-hybridized carbons (Fsp3) is 0.643. The number of aromatic nitrogens is 2. The molecule has 0 aromatic carbocycles. The van der Waals surface area contributed by atoms with E-state index >= 15 is 0 Å². The molecular formula is C14H19F3N4O3. The van der Waals surface area contributed by atoms with Gasteiger partial charge in [-0.3, -0.25) is 14.5 Å². The van der Waals surface area contributed by atoms with Gasteiger partial charge in [-0.15, -0.1) is 0 Å². The molecule has 1 saturated heterocycles. The molecule has 0 radical (unpaired) electrons. The number of carboxylic acid groups (broad SMARTS) is 1. The number of rotatable bonds is 6. The van der Waals surface area contributed by atoms with Crippen molar-refractivity contribution in [1.29, 1.82) is 0 Å². The molecule has 1 fully saturated rings. The summed E-state index contributed by atoms with van der Waals surface area (Å²) in [6.45, 7) is 1.45. The lowest BCUT2D eigenvalue weighted by Gasteiger charge is -2.18. The Hall–Kier alpha value is -2.10. The van der Waals surface area contributed by atoms with E-state index in [1.54, 1.807) is 10.7 Å². The highest BCUT2D eigenvalue weighted by molar-refractivity contribution is 5.91. The van der Waals surface area contributed by atoms with Crippen LogP contribution in [0.2, 0.25) is 0 Å². The zero-order valence-corrected chi connectivity index (χ0v) is 13.1. The van der Waals surface area contributed by atoms with E-state index in [0.29, 0.717) is 12.4 Å². The first-order valence-corrected chi connectivity index (χ1v) is 7.56. The van der Waals surface area contributed by atoms with Crippen LogP contribution >= 0.6 is 0 Å². The van der Waals surface area contributed by atoms with E-state index < -0.39 is 36.4 Å². The van der Waals surface area contributed by atoms with Crippen LogP contribution in [0.3, 0.4) is 0 Å². The predicted molar refractivity (Wildman–Crippen MR) is 78.3 cm³/mol. The summed E-state index contributed by atoms with van der Waals surface area (Å²) in [7, 11) is 0. The number of carbonyl (C=O) groups is 2. The van der Waals surface area contributed by atoms with E-state index in [4.69, 9.17) is 5.11 Å². The van der Waals surface area contributed by atoms with Crippen molar-refractivity contribution in [2.24, 2.45) is 11.8 Å². The van der Waals surface area contributed by atoms with Gasteiger partial charge in [0.05, 0.1) is 24.6 Å². The van der Waals surface area contributed by atoms with Gasteiger partial charge in [0.2, 0.25) is 5.91 Å². The third-order valence-electron chi connectivity index (χ3n) is 3.92. The number of halogens is 3. The van der Waals surface area contributed by atoms with Crippen molar-refractivity contribution >= 4 is 17.7 Å². The van der Waals surface area contributed by atoms with Crippen molar-refractivity contribution < 1.29 is 27.9 Å². The summed E-state index contributed by atoms with van der Waals surface area (Å²) in [4.78, 5) is 24.3. The molecule has 0 saturated carbocycles. The Morgan fingerprint density at radius 3 is 2.67 bits per heavy atom. The van der Waals surface area contributed by atoms with Crippen LogP contribution < -0.4 is 5.32 Å². The Bertz CT molecular complexity index is 602. The maximum atomic E-state index is 12.9. The predicted octanol–water partition coefficient (Wildman–Crippen LogP) is 1.43. The van der Waals surface area contributed by atoms with Gasteiger partial charge < -0.3 is 10.4 Å². The maximum Gasteiger partial charge on any atom is 0.393 e. The van der Waals surface area contributed by atoms with Gasteiger partial charge in [-0.05, 0) is 6.42 Å². The minimum Gasteiger partial charge on any atom is -0.481 e. The number of hydrogen-bond acceptors (Lipinski definition) is 4. The zero-order chi connectivity index (χ0) is 17.9. The minimum atomic E-state index is -4.60. The van der Waals surface area contributed by atoms with Crippen molar-refractivity contribution in [2.75, 3.05) is 25.0 Å². The summed E-state index contributed by atoms with van der Waals surface area (Å²) >= 11 is 0. The smallest absolute Gasteiger partial charge is 0.393 e. The molecule has 2 rings (SSSR count). The highest BCUT2D eigenvalue weighted by Crippen LogP contribution is 2.37. The quantitative estimate of drug-likeness (QED) is 0.812. The van der Waals surface area contributed by atoms with Crippen LogP contribution in [0, 0.1) is 11.8 Å². The molecule has 1 aromatic rings. The second-order valence-corrected chi connectivity index (χ2v) is 5.77. The summed E-state index contributed by atoms with van der Waals surface area (Å²) in [5.41, 5.74) is 0. The number of carbonyl (C=O) groups excluding carboxylic acids is 1. The van der Waals surface area contributed by atoms with Crippen LogP contribution in [0.15, 0.2) is 12.3 Å². The Morgan fingerprint density at radius 2 is 2.12 bits per heavy atom. The molecule has 0 bridgehead atoms. The first-order valence-electron chi connectivity index (χ1n) is 7.56. The molecule has 1 amide bonds. The van der Waals surface area contributed by atoms with Crippen molar-refractivity contribution in [1.82, 2.24) is 14.7 Å². The summed E-state index contributed by atoms with van der Waals surface area (Å²) in [5, 5.41) is 15.6. The number of hydrogen-bond donors (Lipinski definition) is 2. The third-order valence-corrected chi connectivity index (χ3v) is 3.92. The van der Waals surface area contributed by atoms with Crippen molar-refractivity contribution in [3.63, 3.8) is 0 Å². The van der Waals surface area contributed by atoms with Crippen molar-refractivity contribution in [3.05, 3.63) is 12.3 Å². The van der Waals surface area contributed by atoms with Crippen LogP contribution in [-0.4, -0.2) is 57.5 Å². The van der Waals surface area contributed by atoms with Gasteiger partial charge in [0, 0.05) is 25.7 Å². The van der Waals surface area contributed by atoms with Gasteiger partial charge in [0.25, 0.3) is 0 Å². The first-order chi connectivity index (χ1) is 11.2. The van der Waals surface area contributed by atoms with E-state index in [2.05, 4.69) is 10.4 Å². The van der Waals surface area contributed by atoms with Gasteiger partial charge in [0.15, 0.2) is 0 Å². The lowest BCUT2D eigenvalue weighted by atomic mass is 9.96. The molecule has 2 heterocycles. The molecule has 1 aromatic heterocycles. The lowest BCUT2D eigenvalue weighted by Crippen LogP contribution is -2.34. The molecule has 2 N–H and O–H groups in total. The third kappa shape index (κ3) is 4.25. The maximum absolute atomic E-state index is 12.9. The normalized spacial score (nSPS) is 21.8. The fourth-order valence-electron chi connectivity index (χ4n) is 2.81. The minimum absolute atomic E-state index is 0.298. The van der Waals surface area contributed by atoms with Gasteiger partial charge in [-0.25, -0.2) is 4.68 Å². The number of anilines is 1. The van der Waals surface area contributed by atoms with Crippen molar-refractivity contribution in [2.45, 2.75) is 26.1 Å². The van der Waals surface area contributed by atoms with Gasteiger partial charge in [-0.2, -0.15) is 18.3 Å². The van der Waals surface area contributed by atoms with Crippen LogP contribution in [0.5, 0.6) is 0 Å². The SMILES string of the molecule is CCCn1nccc1NC(=O)CN1C[C@@H](C(F)(F)F)[C@H](C(=O)O)C1. The Balaban J connectivity index is 1.97. The molecule has 0 spiro atoms. The molecule has 24 heavy (non-hydrogen) atoms. The number of aryl methyl sites for hydroxylation is 1. The average Bonchev–Trinajstić information content (AvgIpc) is 3.06. The first kappa shape index (κ1) is 18.2. The summed E-state index contributed by atoms with van der Waals surface area (Å²) in [6, 6.07) is 1.59. The average molecular weight is 348 g/mol. The van der Waals surface area contributed by atoms with Crippen molar-refractivity contribution in [3.8, 4) is 0 Å². The number of amides is 1. The highest BCUT2D eigenvalue weighted by atomic mass is 19.4. The largest absolute Gasteiger partial charge is 0.481 e. The molecule has 10 heteroatoms. The molecule has 0 aliphatic carbocycles. The number of carboxylic acids is 1. The number of nitrogens with one attached hydrogen (secondary N) is 1. The second kappa shape index (κ2) is 7.20. The Kier molecular flexibility index (Phi) is 5.47. The van der Waals surface area contributed by atoms with Gasteiger partial charge in [0.1, 0.15) is 5.82 Å². The number of nitrogens with zero attached hydrogens (tertiary/aromatic N) is 3. The van der Waals surface area contributed by atoms with E-state index in [1.807, 2.05) is 6.92 Å². The number of aliphatic carboxylic acids is 1. The van der Waals surface area contributed by atoms with Crippen LogP contribution in [0.25, 0.3) is 0 Å². The molecule has 134 valence electrons. The number of likely N-dealkylation sites (tertiary alicyclic amines) is 1. The fourth-order valence-corrected chi connectivity index (χ4v) is 2.81. The van der Waals surface area contributed by atoms with E-state index in [1.165, 1.54) is 11.1 Å². The molecule has 1 aliphatic heterocycles. The Morgan fingerprint density at radius 1 is 1.42 bits per heavy atom. The van der Waals surface area contributed by atoms with Crippen LogP contribution in [0.1, 0.15) is 13.3 Å². The van der Waals surface area contributed by atoms with E-state index in [-0.39, 0.29) is 13.1 Å². The topological polar surface area (TPSA) is 87.5 Å². The number of alkyl halides is 3. The van der Waals surface area contributed by atoms with Crippen LogP contribution in [-0.2, 0) is 16.1 Å². The monoisotopic (exact) mass is 348 g/mol.